The third-order valence-electron chi connectivity index (χ3n) is 2.11. The first kappa shape index (κ1) is 9.98. The SMILES string of the molecule is Cc1cnc(-c2nccc(=S)[nH]2)c(C)c1. The number of rotatable bonds is 1. The molecule has 1 N–H and O–H groups in total. The minimum atomic E-state index is 0.668. The molecule has 15 heavy (non-hydrogen) atoms. The molecule has 0 aliphatic rings. The number of aromatic nitrogens is 3. The molecule has 0 saturated carbocycles. The Morgan fingerprint density at radius 2 is 2.07 bits per heavy atom. The van der Waals surface area contributed by atoms with Crippen molar-refractivity contribution < 1.29 is 0 Å². The van der Waals surface area contributed by atoms with Gasteiger partial charge in [0, 0.05) is 12.4 Å². The van der Waals surface area contributed by atoms with E-state index in [1.807, 2.05) is 20.0 Å². The van der Waals surface area contributed by atoms with Gasteiger partial charge in [-0.25, -0.2) is 4.98 Å². The van der Waals surface area contributed by atoms with Crippen molar-refractivity contribution in [2.45, 2.75) is 13.8 Å². The van der Waals surface area contributed by atoms with E-state index in [1.165, 1.54) is 0 Å². The maximum atomic E-state index is 5.05. The van der Waals surface area contributed by atoms with Gasteiger partial charge in [0.2, 0.25) is 0 Å². The predicted octanol–water partition coefficient (Wildman–Crippen LogP) is 2.82. The van der Waals surface area contributed by atoms with Gasteiger partial charge in [0.25, 0.3) is 0 Å². The zero-order valence-electron chi connectivity index (χ0n) is 8.61. The van der Waals surface area contributed by atoms with E-state index in [0.717, 1.165) is 22.6 Å². The topological polar surface area (TPSA) is 41.6 Å². The average molecular weight is 217 g/mol. The lowest BCUT2D eigenvalue weighted by molar-refractivity contribution is 1.10. The maximum absolute atomic E-state index is 5.05. The Hall–Kier alpha value is -1.55. The smallest absolute Gasteiger partial charge is 0.157 e. The fourth-order valence-corrected chi connectivity index (χ4v) is 1.61. The number of hydrogen-bond donors (Lipinski definition) is 1. The molecule has 0 atom stereocenters. The number of hydrogen-bond acceptors (Lipinski definition) is 3. The molecule has 0 saturated heterocycles. The molecule has 0 aromatic carbocycles. The van der Waals surface area contributed by atoms with Crippen LogP contribution in [0.2, 0.25) is 0 Å². The summed E-state index contributed by atoms with van der Waals surface area (Å²) in [5, 5.41) is 0. The molecule has 2 aromatic heterocycles. The summed E-state index contributed by atoms with van der Waals surface area (Å²) in [7, 11) is 0. The first-order valence-corrected chi connectivity index (χ1v) is 5.06. The molecule has 76 valence electrons. The summed E-state index contributed by atoms with van der Waals surface area (Å²) >= 11 is 5.05. The van der Waals surface area contributed by atoms with Gasteiger partial charge in [0.15, 0.2) is 5.82 Å². The second-order valence-corrected chi connectivity index (χ2v) is 3.90. The van der Waals surface area contributed by atoms with E-state index in [1.54, 1.807) is 12.3 Å². The van der Waals surface area contributed by atoms with E-state index in [4.69, 9.17) is 12.2 Å². The fraction of sp³-hybridized carbons (Fsp3) is 0.182. The van der Waals surface area contributed by atoms with Gasteiger partial charge in [0.1, 0.15) is 10.3 Å². The van der Waals surface area contributed by atoms with Crippen LogP contribution in [0, 0.1) is 18.5 Å². The number of H-pyrrole nitrogens is 1. The number of nitrogens with one attached hydrogen (secondary N) is 1. The molecular formula is C11H11N3S. The van der Waals surface area contributed by atoms with Gasteiger partial charge in [0.05, 0.1) is 0 Å². The highest BCUT2D eigenvalue weighted by atomic mass is 32.1. The monoisotopic (exact) mass is 217 g/mol. The van der Waals surface area contributed by atoms with Crippen LogP contribution >= 0.6 is 12.2 Å². The molecule has 4 heteroatoms. The lowest BCUT2D eigenvalue weighted by atomic mass is 10.1. The van der Waals surface area contributed by atoms with Crippen molar-refractivity contribution in [3.05, 3.63) is 40.3 Å². The third kappa shape index (κ3) is 2.10. The molecule has 0 bridgehead atoms. The van der Waals surface area contributed by atoms with E-state index in [-0.39, 0.29) is 0 Å². The zero-order chi connectivity index (χ0) is 10.8. The van der Waals surface area contributed by atoms with Crippen molar-refractivity contribution in [3.63, 3.8) is 0 Å². The summed E-state index contributed by atoms with van der Waals surface area (Å²) in [6, 6.07) is 3.83. The van der Waals surface area contributed by atoms with Crippen LogP contribution in [-0.4, -0.2) is 15.0 Å². The summed E-state index contributed by atoms with van der Waals surface area (Å²) in [5.74, 6) is 0.722. The van der Waals surface area contributed by atoms with Gasteiger partial charge in [-0.05, 0) is 31.0 Å². The maximum Gasteiger partial charge on any atom is 0.157 e. The van der Waals surface area contributed by atoms with Crippen LogP contribution in [-0.2, 0) is 0 Å². The van der Waals surface area contributed by atoms with Crippen LogP contribution in [0.1, 0.15) is 11.1 Å². The van der Waals surface area contributed by atoms with Crippen molar-refractivity contribution in [1.29, 1.82) is 0 Å². The molecule has 0 unspecified atom stereocenters. The molecule has 2 aromatic rings. The van der Waals surface area contributed by atoms with Gasteiger partial charge >= 0.3 is 0 Å². The summed E-state index contributed by atoms with van der Waals surface area (Å²) < 4.78 is 0.668. The first-order chi connectivity index (χ1) is 7.16. The van der Waals surface area contributed by atoms with Crippen molar-refractivity contribution in [2.75, 3.05) is 0 Å². The summed E-state index contributed by atoms with van der Waals surface area (Å²) in [6.45, 7) is 4.03. The van der Waals surface area contributed by atoms with Gasteiger partial charge in [-0.15, -0.1) is 0 Å². The Bertz CT molecular complexity index is 546. The molecule has 0 aliphatic heterocycles. The van der Waals surface area contributed by atoms with Gasteiger partial charge in [-0.2, -0.15) is 0 Å². The Kier molecular flexibility index (Phi) is 2.60. The lowest BCUT2D eigenvalue weighted by Crippen LogP contribution is -1.94. The Morgan fingerprint density at radius 1 is 1.27 bits per heavy atom. The molecule has 0 amide bonds. The standard InChI is InChI=1S/C11H11N3S/c1-7-5-8(2)10(13-6-7)11-12-4-3-9(15)14-11/h3-6H,1-2H3,(H,12,14,15). The highest BCUT2D eigenvalue weighted by molar-refractivity contribution is 7.71. The fourth-order valence-electron chi connectivity index (χ4n) is 1.45. The summed E-state index contributed by atoms with van der Waals surface area (Å²) in [6.07, 6.45) is 3.52. The van der Waals surface area contributed by atoms with Crippen LogP contribution in [0.15, 0.2) is 24.5 Å². The first-order valence-electron chi connectivity index (χ1n) is 4.66. The zero-order valence-corrected chi connectivity index (χ0v) is 9.43. The molecule has 0 spiro atoms. The van der Waals surface area contributed by atoms with Gasteiger partial charge < -0.3 is 4.98 Å². The van der Waals surface area contributed by atoms with Crippen LogP contribution < -0.4 is 0 Å². The Balaban J connectivity index is 2.59. The van der Waals surface area contributed by atoms with Crippen molar-refractivity contribution in [3.8, 4) is 11.5 Å². The van der Waals surface area contributed by atoms with Gasteiger partial charge in [-0.1, -0.05) is 18.3 Å². The normalized spacial score (nSPS) is 10.3. The highest BCUT2D eigenvalue weighted by Crippen LogP contribution is 2.16. The van der Waals surface area contributed by atoms with E-state index < -0.39 is 0 Å². The lowest BCUT2D eigenvalue weighted by Gasteiger charge is -2.04. The van der Waals surface area contributed by atoms with E-state index >= 15 is 0 Å². The van der Waals surface area contributed by atoms with Crippen LogP contribution in [0.25, 0.3) is 11.5 Å². The van der Waals surface area contributed by atoms with Crippen LogP contribution in [0.3, 0.4) is 0 Å². The average Bonchev–Trinajstić information content (AvgIpc) is 2.17. The molecule has 0 radical (unpaired) electrons. The summed E-state index contributed by atoms with van der Waals surface area (Å²) in [5.41, 5.74) is 3.09. The van der Waals surface area contributed by atoms with Crippen molar-refractivity contribution in [2.24, 2.45) is 0 Å². The molecule has 0 fully saturated rings. The molecule has 2 heterocycles. The van der Waals surface area contributed by atoms with Crippen LogP contribution in [0.4, 0.5) is 0 Å². The van der Waals surface area contributed by atoms with Gasteiger partial charge in [-0.3, -0.25) is 4.98 Å². The second-order valence-electron chi connectivity index (χ2n) is 3.46. The molecule has 2 rings (SSSR count). The number of nitrogens with zero attached hydrogens (tertiary/aromatic N) is 2. The molecular weight excluding hydrogens is 206 g/mol. The Labute approximate surface area is 93.2 Å². The molecule has 0 aliphatic carbocycles. The number of aryl methyl sites for hydroxylation is 2. The van der Waals surface area contributed by atoms with E-state index in [2.05, 4.69) is 21.0 Å². The van der Waals surface area contributed by atoms with Crippen LogP contribution in [0.5, 0.6) is 0 Å². The van der Waals surface area contributed by atoms with E-state index in [9.17, 15) is 0 Å². The summed E-state index contributed by atoms with van der Waals surface area (Å²) in [4.78, 5) is 11.6. The quantitative estimate of drug-likeness (QED) is 0.747. The number of aromatic amines is 1. The van der Waals surface area contributed by atoms with E-state index in [0.29, 0.717) is 4.64 Å². The second kappa shape index (κ2) is 3.90. The highest BCUT2D eigenvalue weighted by Gasteiger charge is 2.04. The minimum absolute atomic E-state index is 0.668. The molecule has 3 nitrogen and oxygen atoms in total. The minimum Gasteiger partial charge on any atom is -0.329 e. The van der Waals surface area contributed by atoms with Crippen molar-refractivity contribution >= 4 is 12.2 Å². The van der Waals surface area contributed by atoms with Crippen molar-refractivity contribution in [1.82, 2.24) is 15.0 Å². The number of pyridine rings is 1. The third-order valence-corrected chi connectivity index (χ3v) is 2.35. The predicted molar refractivity (Wildman–Crippen MR) is 62.1 cm³/mol. The Morgan fingerprint density at radius 3 is 2.73 bits per heavy atom. The largest absolute Gasteiger partial charge is 0.329 e.